The Morgan fingerprint density at radius 1 is 1.46 bits per heavy atom. The molecule has 13 heavy (non-hydrogen) atoms. The molecular formula is C9H19NO3. The van der Waals surface area contributed by atoms with Gasteiger partial charge in [0.25, 0.3) is 0 Å². The Balaban J connectivity index is 4.17. The molecule has 1 unspecified atom stereocenters. The van der Waals surface area contributed by atoms with Gasteiger partial charge in [-0.1, -0.05) is 13.8 Å². The zero-order chi connectivity index (χ0) is 10.5. The Morgan fingerprint density at radius 3 is 2.38 bits per heavy atom. The first-order chi connectivity index (χ1) is 5.95. The summed E-state index contributed by atoms with van der Waals surface area (Å²) in [4.78, 5) is 11.1. The number of ether oxygens (including phenoxy) is 2. The van der Waals surface area contributed by atoms with Crippen molar-refractivity contribution in [3.8, 4) is 0 Å². The molecule has 0 heterocycles. The van der Waals surface area contributed by atoms with Crippen molar-refractivity contribution in [2.24, 2.45) is 11.1 Å². The van der Waals surface area contributed by atoms with Crippen LogP contribution in [0.25, 0.3) is 0 Å². The number of nitrogens with two attached hydrogens (primary N) is 1. The second kappa shape index (κ2) is 5.19. The van der Waals surface area contributed by atoms with Gasteiger partial charge in [-0.05, 0) is 11.8 Å². The predicted octanol–water partition coefficient (Wildman–Crippen LogP) is 0.549. The van der Waals surface area contributed by atoms with Crippen LogP contribution in [0.3, 0.4) is 0 Å². The zero-order valence-electron chi connectivity index (χ0n) is 8.79. The zero-order valence-corrected chi connectivity index (χ0v) is 8.79. The van der Waals surface area contributed by atoms with Gasteiger partial charge in [0.15, 0.2) is 0 Å². The Labute approximate surface area is 79.4 Å². The molecule has 0 saturated heterocycles. The molecule has 0 aromatic rings. The second-order valence-corrected chi connectivity index (χ2v) is 3.73. The Morgan fingerprint density at radius 2 is 2.00 bits per heavy atom. The van der Waals surface area contributed by atoms with E-state index in [9.17, 15) is 4.79 Å². The molecule has 78 valence electrons. The average molecular weight is 189 g/mol. The smallest absolute Gasteiger partial charge is 0.323 e. The lowest BCUT2D eigenvalue weighted by molar-refractivity contribution is -0.145. The van der Waals surface area contributed by atoms with Crippen molar-refractivity contribution in [3.05, 3.63) is 0 Å². The number of rotatable bonds is 5. The Hall–Kier alpha value is -0.610. The monoisotopic (exact) mass is 189 g/mol. The molecule has 0 aromatic carbocycles. The van der Waals surface area contributed by atoms with Crippen LogP contribution >= 0.6 is 0 Å². The largest absolute Gasteiger partial charge is 0.468 e. The van der Waals surface area contributed by atoms with E-state index < -0.39 is 6.04 Å². The van der Waals surface area contributed by atoms with Crippen molar-refractivity contribution in [3.63, 3.8) is 0 Å². The molecule has 0 spiro atoms. The molecule has 0 amide bonds. The van der Waals surface area contributed by atoms with Crippen molar-refractivity contribution in [2.45, 2.75) is 26.3 Å². The Kier molecular flexibility index (Phi) is 4.95. The Bertz CT molecular complexity index is 168. The van der Waals surface area contributed by atoms with Gasteiger partial charge in [-0.25, -0.2) is 0 Å². The van der Waals surface area contributed by atoms with Gasteiger partial charge in [0.2, 0.25) is 0 Å². The number of carbonyl (C=O) groups is 1. The molecule has 0 saturated carbocycles. The normalized spacial score (nSPS) is 13.9. The SMILES string of the molecule is COCCC(C)(C)C(N)C(=O)OC. The molecule has 0 bridgehead atoms. The molecule has 0 aliphatic rings. The van der Waals surface area contributed by atoms with E-state index in [1.165, 1.54) is 7.11 Å². The minimum Gasteiger partial charge on any atom is -0.468 e. The van der Waals surface area contributed by atoms with Crippen molar-refractivity contribution in [1.82, 2.24) is 0 Å². The molecule has 4 nitrogen and oxygen atoms in total. The lowest BCUT2D eigenvalue weighted by Gasteiger charge is -2.29. The topological polar surface area (TPSA) is 61.5 Å². The van der Waals surface area contributed by atoms with Gasteiger partial charge in [0.1, 0.15) is 6.04 Å². The molecule has 0 radical (unpaired) electrons. The van der Waals surface area contributed by atoms with E-state index in [-0.39, 0.29) is 11.4 Å². The van der Waals surface area contributed by atoms with Crippen LogP contribution in [0, 0.1) is 5.41 Å². The second-order valence-electron chi connectivity index (χ2n) is 3.73. The molecule has 0 aliphatic carbocycles. The lowest BCUT2D eigenvalue weighted by atomic mass is 9.82. The van der Waals surface area contributed by atoms with Gasteiger partial charge in [0, 0.05) is 13.7 Å². The van der Waals surface area contributed by atoms with Crippen LogP contribution in [0.1, 0.15) is 20.3 Å². The first-order valence-electron chi connectivity index (χ1n) is 4.28. The summed E-state index contributed by atoms with van der Waals surface area (Å²) < 4.78 is 9.51. The summed E-state index contributed by atoms with van der Waals surface area (Å²) >= 11 is 0. The molecule has 0 aliphatic heterocycles. The summed E-state index contributed by atoms with van der Waals surface area (Å²) in [5.41, 5.74) is 5.43. The summed E-state index contributed by atoms with van der Waals surface area (Å²) in [6.07, 6.45) is 0.736. The van der Waals surface area contributed by atoms with Gasteiger partial charge in [-0.2, -0.15) is 0 Å². The summed E-state index contributed by atoms with van der Waals surface area (Å²) in [6, 6.07) is -0.590. The third-order valence-electron chi connectivity index (χ3n) is 2.25. The molecule has 0 aromatic heterocycles. The highest BCUT2D eigenvalue weighted by molar-refractivity contribution is 5.76. The van der Waals surface area contributed by atoms with E-state index in [1.54, 1.807) is 7.11 Å². The van der Waals surface area contributed by atoms with Gasteiger partial charge >= 0.3 is 5.97 Å². The van der Waals surface area contributed by atoms with Crippen LogP contribution in [0.2, 0.25) is 0 Å². The first kappa shape index (κ1) is 12.4. The van der Waals surface area contributed by atoms with Gasteiger partial charge in [-0.15, -0.1) is 0 Å². The standard InChI is InChI=1S/C9H19NO3/c1-9(2,5-6-12-3)7(10)8(11)13-4/h7H,5-6,10H2,1-4H3. The van der Waals surface area contributed by atoms with E-state index >= 15 is 0 Å². The predicted molar refractivity (Wildman–Crippen MR) is 50.3 cm³/mol. The third kappa shape index (κ3) is 3.74. The van der Waals surface area contributed by atoms with Crippen molar-refractivity contribution < 1.29 is 14.3 Å². The van der Waals surface area contributed by atoms with Gasteiger partial charge in [-0.3, -0.25) is 4.79 Å². The molecule has 4 heteroatoms. The van der Waals surface area contributed by atoms with E-state index in [2.05, 4.69) is 4.74 Å². The molecule has 1 atom stereocenters. The number of esters is 1. The summed E-state index contributed by atoms with van der Waals surface area (Å²) in [5.74, 6) is -0.374. The van der Waals surface area contributed by atoms with Crippen LogP contribution in [0.15, 0.2) is 0 Å². The van der Waals surface area contributed by atoms with E-state index in [0.29, 0.717) is 6.61 Å². The number of hydrogen-bond donors (Lipinski definition) is 1. The minimum absolute atomic E-state index is 0.289. The van der Waals surface area contributed by atoms with E-state index in [0.717, 1.165) is 6.42 Å². The number of methoxy groups -OCH3 is 2. The summed E-state index contributed by atoms with van der Waals surface area (Å²) in [5, 5.41) is 0. The average Bonchev–Trinajstić information content (AvgIpc) is 2.12. The maximum atomic E-state index is 11.1. The molecule has 0 fully saturated rings. The maximum absolute atomic E-state index is 11.1. The molecular weight excluding hydrogens is 170 g/mol. The van der Waals surface area contributed by atoms with Crippen molar-refractivity contribution >= 4 is 5.97 Å². The third-order valence-corrected chi connectivity index (χ3v) is 2.25. The minimum atomic E-state index is -0.590. The van der Waals surface area contributed by atoms with Crippen molar-refractivity contribution in [1.29, 1.82) is 0 Å². The van der Waals surface area contributed by atoms with Crippen molar-refractivity contribution in [2.75, 3.05) is 20.8 Å². The van der Waals surface area contributed by atoms with E-state index in [1.807, 2.05) is 13.8 Å². The van der Waals surface area contributed by atoms with Gasteiger partial charge in [0.05, 0.1) is 7.11 Å². The van der Waals surface area contributed by atoms with Gasteiger partial charge < -0.3 is 15.2 Å². The first-order valence-corrected chi connectivity index (χ1v) is 4.28. The number of hydrogen-bond acceptors (Lipinski definition) is 4. The highest BCUT2D eigenvalue weighted by Gasteiger charge is 2.32. The van der Waals surface area contributed by atoms with Crippen LogP contribution in [0.5, 0.6) is 0 Å². The highest BCUT2D eigenvalue weighted by atomic mass is 16.5. The molecule has 2 N–H and O–H groups in total. The van der Waals surface area contributed by atoms with Crippen LogP contribution in [-0.2, 0) is 14.3 Å². The fourth-order valence-electron chi connectivity index (χ4n) is 0.967. The maximum Gasteiger partial charge on any atom is 0.323 e. The van der Waals surface area contributed by atoms with E-state index in [4.69, 9.17) is 10.5 Å². The fourth-order valence-corrected chi connectivity index (χ4v) is 0.967. The fraction of sp³-hybridized carbons (Fsp3) is 0.889. The molecule has 0 rings (SSSR count). The summed E-state index contributed by atoms with van der Waals surface area (Å²) in [6.45, 7) is 4.44. The van der Waals surface area contributed by atoms with Crippen LogP contribution in [-0.4, -0.2) is 32.8 Å². The number of carbonyl (C=O) groups excluding carboxylic acids is 1. The summed E-state index contributed by atoms with van der Waals surface area (Å²) in [7, 11) is 2.97. The van der Waals surface area contributed by atoms with Crippen LogP contribution in [0.4, 0.5) is 0 Å². The van der Waals surface area contributed by atoms with Crippen LogP contribution < -0.4 is 5.73 Å². The quantitative estimate of drug-likeness (QED) is 0.641. The lowest BCUT2D eigenvalue weighted by Crippen LogP contribution is -2.45. The highest BCUT2D eigenvalue weighted by Crippen LogP contribution is 2.24.